The molecule has 2 N–H and O–H groups in total. The van der Waals surface area contributed by atoms with Crippen LogP contribution >= 0.6 is 0 Å². The summed E-state index contributed by atoms with van der Waals surface area (Å²) in [5.74, 6) is 0.159. The summed E-state index contributed by atoms with van der Waals surface area (Å²) in [6.07, 6.45) is 0. The number of nitrogens with zero attached hydrogens (tertiary/aromatic N) is 3. The highest BCUT2D eigenvalue weighted by molar-refractivity contribution is 5.84. The van der Waals surface area contributed by atoms with Crippen LogP contribution < -0.4 is 5.73 Å². The molecule has 0 amide bonds. The lowest BCUT2D eigenvalue weighted by molar-refractivity contribution is -0.384. The van der Waals surface area contributed by atoms with Crippen LogP contribution in [-0.2, 0) is 7.05 Å². The molecule has 0 unspecified atom stereocenters. The maximum Gasteiger partial charge on any atom is 0.271 e. The Morgan fingerprint density at radius 3 is 2.71 bits per heavy atom. The number of aromatic nitrogens is 2. The van der Waals surface area contributed by atoms with Crippen molar-refractivity contribution in [3.8, 4) is 11.4 Å². The van der Waals surface area contributed by atoms with Crippen LogP contribution in [0.15, 0.2) is 36.4 Å². The summed E-state index contributed by atoms with van der Waals surface area (Å²) in [6.45, 7) is 0. The molecular formula is C14H11FN4O2. The Kier molecular flexibility index (Phi) is 2.83. The average Bonchev–Trinajstić information content (AvgIpc) is 2.75. The molecular weight excluding hydrogens is 275 g/mol. The van der Waals surface area contributed by atoms with E-state index in [4.69, 9.17) is 5.73 Å². The second-order valence-corrected chi connectivity index (χ2v) is 4.66. The van der Waals surface area contributed by atoms with Crippen LogP contribution in [0.4, 0.5) is 15.8 Å². The summed E-state index contributed by atoms with van der Waals surface area (Å²) >= 11 is 0. The molecule has 0 aliphatic heterocycles. The van der Waals surface area contributed by atoms with Crippen molar-refractivity contribution in [2.45, 2.75) is 0 Å². The van der Waals surface area contributed by atoms with Gasteiger partial charge in [-0.3, -0.25) is 10.1 Å². The van der Waals surface area contributed by atoms with E-state index in [2.05, 4.69) is 4.98 Å². The summed E-state index contributed by atoms with van der Waals surface area (Å²) in [4.78, 5) is 14.6. The van der Waals surface area contributed by atoms with Crippen molar-refractivity contribution >= 4 is 22.4 Å². The van der Waals surface area contributed by atoms with Crippen LogP contribution in [0.5, 0.6) is 0 Å². The molecule has 0 aliphatic carbocycles. The van der Waals surface area contributed by atoms with Gasteiger partial charge in [-0.1, -0.05) is 0 Å². The maximum absolute atomic E-state index is 13.3. The number of aryl methyl sites for hydroxylation is 1. The molecule has 0 aliphatic rings. The Labute approximate surface area is 118 Å². The first-order valence-corrected chi connectivity index (χ1v) is 6.13. The first kappa shape index (κ1) is 13.0. The van der Waals surface area contributed by atoms with Gasteiger partial charge in [0.2, 0.25) is 0 Å². The van der Waals surface area contributed by atoms with Gasteiger partial charge in [0.05, 0.1) is 16.0 Å². The molecule has 106 valence electrons. The number of nitrogens with two attached hydrogens (primary N) is 1. The van der Waals surface area contributed by atoms with E-state index in [0.29, 0.717) is 16.9 Å². The lowest BCUT2D eigenvalue weighted by atomic mass is 10.1. The summed E-state index contributed by atoms with van der Waals surface area (Å²) in [5.41, 5.74) is 7.88. The molecule has 0 bridgehead atoms. The van der Waals surface area contributed by atoms with Gasteiger partial charge in [-0.2, -0.15) is 0 Å². The molecule has 2 aromatic carbocycles. The normalized spacial score (nSPS) is 11.0. The van der Waals surface area contributed by atoms with E-state index in [1.165, 1.54) is 24.3 Å². The number of nitrogen functional groups attached to an aromatic ring is 1. The Balaban J connectivity index is 2.21. The van der Waals surface area contributed by atoms with E-state index in [0.717, 1.165) is 5.52 Å². The number of halogens is 1. The first-order valence-electron chi connectivity index (χ1n) is 6.13. The predicted molar refractivity (Wildman–Crippen MR) is 77.2 cm³/mol. The Morgan fingerprint density at radius 2 is 2.05 bits per heavy atom. The van der Waals surface area contributed by atoms with Gasteiger partial charge in [-0.25, -0.2) is 9.37 Å². The van der Waals surface area contributed by atoms with Crippen LogP contribution in [0.25, 0.3) is 22.4 Å². The number of nitro benzene ring substituents is 1. The molecule has 1 heterocycles. The molecule has 3 rings (SSSR count). The second kappa shape index (κ2) is 4.55. The summed E-state index contributed by atoms with van der Waals surface area (Å²) in [5, 5.41) is 10.7. The summed E-state index contributed by atoms with van der Waals surface area (Å²) < 4.78 is 15.0. The number of non-ortho nitro benzene ring substituents is 1. The number of fused-ring (bicyclic) bond motifs is 1. The summed E-state index contributed by atoms with van der Waals surface area (Å²) in [7, 11) is 1.78. The third-order valence-corrected chi connectivity index (χ3v) is 3.33. The standard InChI is InChI=1S/C14H11FN4O2/c1-18-13-5-2-8(15)6-12(13)17-14(18)10-4-3-9(19(20)21)7-11(10)16/h2-7H,16H2,1H3. The number of hydrogen-bond acceptors (Lipinski definition) is 4. The third kappa shape index (κ3) is 2.08. The minimum Gasteiger partial charge on any atom is -0.398 e. The molecule has 0 spiro atoms. The van der Waals surface area contributed by atoms with E-state index >= 15 is 0 Å². The summed E-state index contributed by atoms with van der Waals surface area (Å²) in [6, 6.07) is 8.52. The van der Waals surface area contributed by atoms with Gasteiger partial charge < -0.3 is 10.3 Å². The van der Waals surface area contributed by atoms with Crippen molar-refractivity contribution in [2.75, 3.05) is 5.73 Å². The van der Waals surface area contributed by atoms with Gasteiger partial charge in [0.15, 0.2) is 0 Å². The molecule has 7 heteroatoms. The molecule has 0 saturated carbocycles. The van der Waals surface area contributed by atoms with Gasteiger partial charge in [-0.05, 0) is 18.2 Å². The Morgan fingerprint density at radius 1 is 1.29 bits per heavy atom. The van der Waals surface area contributed by atoms with Crippen LogP contribution in [0.1, 0.15) is 0 Å². The monoisotopic (exact) mass is 286 g/mol. The van der Waals surface area contributed by atoms with Crippen LogP contribution in [0.3, 0.4) is 0 Å². The van der Waals surface area contributed by atoms with Crippen LogP contribution in [0.2, 0.25) is 0 Å². The van der Waals surface area contributed by atoms with Crippen LogP contribution in [0, 0.1) is 15.9 Å². The molecule has 0 fully saturated rings. The van der Waals surface area contributed by atoms with Gasteiger partial charge in [0.25, 0.3) is 5.69 Å². The lowest BCUT2D eigenvalue weighted by Crippen LogP contribution is -1.98. The van der Waals surface area contributed by atoms with Crippen molar-refractivity contribution in [3.63, 3.8) is 0 Å². The van der Waals surface area contributed by atoms with E-state index in [-0.39, 0.29) is 17.2 Å². The van der Waals surface area contributed by atoms with Crippen molar-refractivity contribution < 1.29 is 9.31 Å². The number of rotatable bonds is 2. The van der Waals surface area contributed by atoms with Crippen LogP contribution in [-0.4, -0.2) is 14.5 Å². The number of anilines is 1. The fourth-order valence-electron chi connectivity index (χ4n) is 2.28. The fraction of sp³-hybridized carbons (Fsp3) is 0.0714. The predicted octanol–water partition coefficient (Wildman–Crippen LogP) is 2.87. The number of benzene rings is 2. The maximum atomic E-state index is 13.3. The zero-order chi connectivity index (χ0) is 15.1. The minimum absolute atomic E-state index is 0.0824. The van der Waals surface area contributed by atoms with Gasteiger partial charge in [-0.15, -0.1) is 0 Å². The molecule has 1 aromatic heterocycles. The highest BCUT2D eigenvalue weighted by Crippen LogP contribution is 2.30. The third-order valence-electron chi connectivity index (χ3n) is 3.33. The molecule has 6 nitrogen and oxygen atoms in total. The molecule has 0 radical (unpaired) electrons. The number of hydrogen-bond donors (Lipinski definition) is 1. The largest absolute Gasteiger partial charge is 0.398 e. The van der Waals surface area contributed by atoms with Crippen molar-refractivity contribution in [3.05, 3.63) is 52.3 Å². The van der Waals surface area contributed by atoms with Crippen molar-refractivity contribution in [2.24, 2.45) is 7.05 Å². The first-order chi connectivity index (χ1) is 9.97. The van der Waals surface area contributed by atoms with Gasteiger partial charge >= 0.3 is 0 Å². The van der Waals surface area contributed by atoms with Gasteiger partial charge in [0.1, 0.15) is 11.6 Å². The molecule has 0 atom stereocenters. The minimum atomic E-state index is -0.509. The topological polar surface area (TPSA) is 87.0 Å². The highest BCUT2D eigenvalue weighted by Gasteiger charge is 2.15. The smallest absolute Gasteiger partial charge is 0.271 e. The zero-order valence-corrected chi connectivity index (χ0v) is 11.1. The quantitative estimate of drug-likeness (QED) is 0.446. The highest BCUT2D eigenvalue weighted by atomic mass is 19.1. The number of imidazole rings is 1. The SMILES string of the molecule is Cn1c(-c2ccc([N+](=O)[O-])cc2N)nc2cc(F)ccc21. The van der Waals surface area contributed by atoms with E-state index in [1.807, 2.05) is 0 Å². The lowest BCUT2D eigenvalue weighted by Gasteiger charge is -2.05. The Bertz CT molecular complexity index is 873. The van der Waals surface area contributed by atoms with E-state index in [1.54, 1.807) is 23.7 Å². The fourth-order valence-corrected chi connectivity index (χ4v) is 2.28. The second-order valence-electron chi connectivity index (χ2n) is 4.66. The number of nitro groups is 1. The zero-order valence-electron chi connectivity index (χ0n) is 11.1. The molecule has 3 aromatic rings. The van der Waals surface area contributed by atoms with E-state index < -0.39 is 4.92 Å². The molecule has 21 heavy (non-hydrogen) atoms. The van der Waals surface area contributed by atoms with Crippen molar-refractivity contribution in [1.82, 2.24) is 9.55 Å². The average molecular weight is 286 g/mol. The van der Waals surface area contributed by atoms with E-state index in [9.17, 15) is 14.5 Å². The Hall–Kier alpha value is -2.96. The van der Waals surface area contributed by atoms with Crippen molar-refractivity contribution in [1.29, 1.82) is 0 Å². The molecule has 0 saturated heterocycles. The van der Waals surface area contributed by atoms with Gasteiger partial charge in [0, 0.05) is 36.5 Å².